The standard InChI is InChI=1S/C17H17F2N/c1-11-2-4-12(5-3-11)13-8-15(9-13)20-17-7-6-14(18)10-16(17)19/h2-7,10,13,15,20H,8-9H2,1H3. The van der Waals surface area contributed by atoms with Crippen molar-refractivity contribution in [2.24, 2.45) is 0 Å². The van der Waals surface area contributed by atoms with Gasteiger partial charge in [-0.1, -0.05) is 29.8 Å². The van der Waals surface area contributed by atoms with Gasteiger partial charge in [0.1, 0.15) is 11.6 Å². The van der Waals surface area contributed by atoms with Crippen molar-refractivity contribution < 1.29 is 8.78 Å². The lowest BCUT2D eigenvalue weighted by Crippen LogP contribution is -2.34. The predicted molar refractivity (Wildman–Crippen MR) is 76.9 cm³/mol. The van der Waals surface area contributed by atoms with Crippen LogP contribution >= 0.6 is 0 Å². The van der Waals surface area contributed by atoms with Crippen LogP contribution in [-0.2, 0) is 0 Å². The Hall–Kier alpha value is -1.90. The van der Waals surface area contributed by atoms with Gasteiger partial charge in [-0.3, -0.25) is 0 Å². The molecule has 2 aromatic carbocycles. The van der Waals surface area contributed by atoms with Crippen LogP contribution in [0.4, 0.5) is 14.5 Å². The van der Waals surface area contributed by atoms with E-state index in [1.54, 1.807) is 0 Å². The fourth-order valence-electron chi connectivity index (χ4n) is 2.67. The van der Waals surface area contributed by atoms with Crippen molar-refractivity contribution in [3.63, 3.8) is 0 Å². The van der Waals surface area contributed by atoms with Crippen molar-refractivity contribution in [1.82, 2.24) is 0 Å². The molecule has 0 aromatic heterocycles. The highest BCUT2D eigenvalue weighted by molar-refractivity contribution is 5.46. The minimum absolute atomic E-state index is 0.265. The SMILES string of the molecule is Cc1ccc(C2CC(Nc3ccc(F)cc3F)C2)cc1. The van der Waals surface area contributed by atoms with Crippen LogP contribution in [0, 0.1) is 18.6 Å². The van der Waals surface area contributed by atoms with Crippen LogP contribution in [-0.4, -0.2) is 6.04 Å². The molecule has 1 fully saturated rings. The smallest absolute Gasteiger partial charge is 0.149 e. The third-order valence-electron chi connectivity index (χ3n) is 3.98. The molecule has 0 spiro atoms. The molecular weight excluding hydrogens is 256 g/mol. The van der Waals surface area contributed by atoms with Gasteiger partial charge in [0, 0.05) is 12.1 Å². The molecular formula is C17H17F2N. The molecule has 0 radical (unpaired) electrons. The van der Waals surface area contributed by atoms with Gasteiger partial charge in [0.25, 0.3) is 0 Å². The van der Waals surface area contributed by atoms with Crippen LogP contribution in [0.15, 0.2) is 42.5 Å². The van der Waals surface area contributed by atoms with Crippen LogP contribution in [0.5, 0.6) is 0 Å². The first-order valence-electron chi connectivity index (χ1n) is 6.90. The van der Waals surface area contributed by atoms with Gasteiger partial charge in [-0.15, -0.1) is 0 Å². The van der Waals surface area contributed by atoms with Gasteiger partial charge in [-0.2, -0.15) is 0 Å². The van der Waals surface area contributed by atoms with Crippen LogP contribution in [0.25, 0.3) is 0 Å². The molecule has 3 heteroatoms. The first kappa shape index (κ1) is 13.1. The Morgan fingerprint density at radius 1 is 1.00 bits per heavy atom. The first-order chi connectivity index (χ1) is 9.61. The Morgan fingerprint density at radius 2 is 1.70 bits per heavy atom. The van der Waals surface area contributed by atoms with Gasteiger partial charge in [-0.05, 0) is 43.4 Å². The van der Waals surface area contributed by atoms with Crippen LogP contribution in [0.1, 0.15) is 29.9 Å². The highest BCUT2D eigenvalue weighted by Crippen LogP contribution is 2.38. The molecule has 0 unspecified atom stereocenters. The maximum atomic E-state index is 13.5. The number of hydrogen-bond acceptors (Lipinski definition) is 1. The quantitative estimate of drug-likeness (QED) is 0.859. The highest BCUT2D eigenvalue weighted by Gasteiger charge is 2.30. The van der Waals surface area contributed by atoms with E-state index in [9.17, 15) is 8.78 Å². The number of anilines is 1. The molecule has 0 heterocycles. The number of nitrogens with one attached hydrogen (secondary N) is 1. The van der Waals surface area contributed by atoms with Crippen molar-refractivity contribution in [2.75, 3.05) is 5.32 Å². The van der Waals surface area contributed by atoms with E-state index in [0.717, 1.165) is 18.9 Å². The van der Waals surface area contributed by atoms with E-state index < -0.39 is 11.6 Å². The number of aryl methyl sites for hydroxylation is 1. The number of rotatable bonds is 3. The second-order valence-corrected chi connectivity index (χ2v) is 5.54. The van der Waals surface area contributed by atoms with Gasteiger partial charge in [0.15, 0.2) is 0 Å². The molecule has 104 valence electrons. The summed E-state index contributed by atoms with van der Waals surface area (Å²) < 4.78 is 26.4. The molecule has 0 aliphatic heterocycles. The molecule has 0 atom stereocenters. The summed E-state index contributed by atoms with van der Waals surface area (Å²) in [5.41, 5.74) is 2.99. The number of halogens is 2. The molecule has 0 amide bonds. The van der Waals surface area contributed by atoms with Gasteiger partial charge in [0.05, 0.1) is 5.69 Å². The topological polar surface area (TPSA) is 12.0 Å². The molecule has 0 saturated heterocycles. The highest BCUT2D eigenvalue weighted by atomic mass is 19.1. The van der Waals surface area contributed by atoms with Crippen LogP contribution in [0.2, 0.25) is 0 Å². The Morgan fingerprint density at radius 3 is 2.35 bits per heavy atom. The van der Waals surface area contributed by atoms with E-state index in [2.05, 4.69) is 36.5 Å². The van der Waals surface area contributed by atoms with Crippen molar-refractivity contribution in [3.05, 3.63) is 65.2 Å². The van der Waals surface area contributed by atoms with E-state index in [4.69, 9.17) is 0 Å². The Kier molecular flexibility index (Phi) is 3.43. The average molecular weight is 273 g/mol. The zero-order valence-electron chi connectivity index (χ0n) is 11.4. The van der Waals surface area contributed by atoms with Crippen molar-refractivity contribution in [1.29, 1.82) is 0 Å². The normalized spacial score (nSPS) is 21.4. The largest absolute Gasteiger partial charge is 0.380 e. The third kappa shape index (κ3) is 2.67. The molecule has 20 heavy (non-hydrogen) atoms. The van der Waals surface area contributed by atoms with Crippen molar-refractivity contribution in [2.45, 2.75) is 31.7 Å². The molecule has 1 N–H and O–H groups in total. The van der Waals surface area contributed by atoms with E-state index in [0.29, 0.717) is 11.6 Å². The van der Waals surface area contributed by atoms with Gasteiger partial charge in [0.2, 0.25) is 0 Å². The summed E-state index contributed by atoms with van der Waals surface area (Å²) in [5.74, 6) is -0.528. The summed E-state index contributed by atoms with van der Waals surface area (Å²) in [5, 5.41) is 3.14. The maximum Gasteiger partial charge on any atom is 0.149 e. The molecule has 1 aliphatic carbocycles. The Bertz CT molecular complexity index is 601. The minimum Gasteiger partial charge on any atom is -0.380 e. The fraction of sp³-hybridized carbons (Fsp3) is 0.294. The third-order valence-corrected chi connectivity index (χ3v) is 3.98. The lowest BCUT2D eigenvalue weighted by atomic mass is 9.75. The molecule has 1 aliphatic rings. The monoisotopic (exact) mass is 273 g/mol. The number of hydrogen-bond donors (Lipinski definition) is 1. The van der Waals surface area contributed by atoms with Crippen molar-refractivity contribution in [3.8, 4) is 0 Å². The second kappa shape index (κ2) is 5.23. The summed E-state index contributed by atoms with van der Waals surface area (Å²) in [6.07, 6.45) is 1.97. The molecule has 1 nitrogen and oxygen atoms in total. The Labute approximate surface area is 117 Å². The van der Waals surface area contributed by atoms with Gasteiger partial charge < -0.3 is 5.32 Å². The van der Waals surface area contributed by atoms with E-state index >= 15 is 0 Å². The fourth-order valence-corrected chi connectivity index (χ4v) is 2.67. The summed E-state index contributed by atoms with van der Waals surface area (Å²) >= 11 is 0. The zero-order chi connectivity index (χ0) is 14.1. The summed E-state index contributed by atoms with van der Waals surface area (Å²) in [4.78, 5) is 0. The summed E-state index contributed by atoms with van der Waals surface area (Å²) in [6.45, 7) is 2.08. The van der Waals surface area contributed by atoms with E-state index in [1.807, 2.05) is 0 Å². The summed E-state index contributed by atoms with van der Waals surface area (Å²) in [6, 6.07) is 12.5. The van der Waals surface area contributed by atoms with Crippen LogP contribution in [0.3, 0.4) is 0 Å². The predicted octanol–water partition coefficient (Wildman–Crippen LogP) is 4.63. The minimum atomic E-state index is -0.542. The number of benzene rings is 2. The molecule has 3 rings (SSSR count). The average Bonchev–Trinajstić information content (AvgIpc) is 2.37. The zero-order valence-corrected chi connectivity index (χ0v) is 11.4. The maximum absolute atomic E-state index is 13.5. The van der Waals surface area contributed by atoms with E-state index in [-0.39, 0.29) is 6.04 Å². The van der Waals surface area contributed by atoms with E-state index in [1.165, 1.54) is 23.3 Å². The van der Waals surface area contributed by atoms with Crippen molar-refractivity contribution >= 4 is 5.69 Å². The first-order valence-corrected chi connectivity index (χ1v) is 6.90. The molecule has 2 aromatic rings. The molecule has 1 saturated carbocycles. The van der Waals surface area contributed by atoms with Gasteiger partial charge in [-0.25, -0.2) is 8.78 Å². The second-order valence-electron chi connectivity index (χ2n) is 5.54. The van der Waals surface area contributed by atoms with Gasteiger partial charge >= 0.3 is 0 Å². The Balaban J connectivity index is 1.59. The summed E-state index contributed by atoms with van der Waals surface area (Å²) in [7, 11) is 0. The lowest BCUT2D eigenvalue weighted by molar-refractivity contribution is 0.373. The molecule has 0 bridgehead atoms. The lowest BCUT2D eigenvalue weighted by Gasteiger charge is -2.37. The van der Waals surface area contributed by atoms with Crippen LogP contribution < -0.4 is 5.32 Å².